The SMILES string of the molecule is CN(C)CC1CCCN1CCCC(C)(N)C(N)=O. The van der Waals surface area contributed by atoms with Crippen LogP contribution < -0.4 is 11.5 Å². The van der Waals surface area contributed by atoms with Gasteiger partial charge in [-0.1, -0.05) is 0 Å². The number of likely N-dealkylation sites (tertiary alicyclic amines) is 1. The van der Waals surface area contributed by atoms with Crippen molar-refractivity contribution < 1.29 is 4.79 Å². The van der Waals surface area contributed by atoms with Crippen molar-refractivity contribution in [1.82, 2.24) is 9.80 Å². The first-order valence-electron chi connectivity index (χ1n) is 6.80. The number of nitrogens with two attached hydrogens (primary N) is 2. The minimum Gasteiger partial charge on any atom is -0.368 e. The van der Waals surface area contributed by atoms with E-state index in [1.54, 1.807) is 6.92 Å². The lowest BCUT2D eigenvalue weighted by Crippen LogP contribution is -2.49. The fourth-order valence-corrected chi connectivity index (χ4v) is 2.59. The summed E-state index contributed by atoms with van der Waals surface area (Å²) in [4.78, 5) is 15.9. The number of hydrogen-bond acceptors (Lipinski definition) is 4. The van der Waals surface area contributed by atoms with Crippen LogP contribution in [-0.2, 0) is 4.79 Å². The number of carbonyl (C=O) groups excluding carboxylic acids is 1. The molecule has 18 heavy (non-hydrogen) atoms. The molecule has 0 aliphatic carbocycles. The summed E-state index contributed by atoms with van der Waals surface area (Å²) >= 11 is 0. The van der Waals surface area contributed by atoms with Gasteiger partial charge in [0.2, 0.25) is 5.91 Å². The van der Waals surface area contributed by atoms with Crippen molar-refractivity contribution in [3.63, 3.8) is 0 Å². The van der Waals surface area contributed by atoms with Crippen molar-refractivity contribution in [3.05, 3.63) is 0 Å². The van der Waals surface area contributed by atoms with E-state index in [-0.39, 0.29) is 0 Å². The Morgan fingerprint density at radius 2 is 2.17 bits per heavy atom. The van der Waals surface area contributed by atoms with E-state index < -0.39 is 11.4 Å². The van der Waals surface area contributed by atoms with E-state index in [2.05, 4.69) is 23.9 Å². The van der Waals surface area contributed by atoms with E-state index in [0.29, 0.717) is 12.5 Å². The summed E-state index contributed by atoms with van der Waals surface area (Å²) in [6.45, 7) is 5.00. The highest BCUT2D eigenvalue weighted by atomic mass is 16.1. The van der Waals surface area contributed by atoms with E-state index in [1.807, 2.05) is 0 Å². The largest absolute Gasteiger partial charge is 0.368 e. The van der Waals surface area contributed by atoms with Crippen LogP contribution in [0.25, 0.3) is 0 Å². The minimum absolute atomic E-state index is 0.409. The van der Waals surface area contributed by atoms with Gasteiger partial charge in [-0.15, -0.1) is 0 Å². The standard InChI is InChI=1S/C13H28N4O/c1-13(15,12(14)18)7-5-9-17-8-4-6-11(17)10-16(2)3/h11H,4-10,15H2,1-3H3,(H2,14,18). The topological polar surface area (TPSA) is 75.6 Å². The molecule has 0 aromatic rings. The van der Waals surface area contributed by atoms with Gasteiger partial charge in [-0.2, -0.15) is 0 Å². The highest BCUT2D eigenvalue weighted by molar-refractivity contribution is 5.83. The van der Waals surface area contributed by atoms with Gasteiger partial charge >= 0.3 is 0 Å². The van der Waals surface area contributed by atoms with Gasteiger partial charge in [0.1, 0.15) is 0 Å². The van der Waals surface area contributed by atoms with Crippen molar-refractivity contribution in [2.24, 2.45) is 11.5 Å². The molecule has 0 saturated carbocycles. The molecule has 1 aliphatic heterocycles. The fraction of sp³-hybridized carbons (Fsp3) is 0.923. The molecule has 4 N–H and O–H groups in total. The van der Waals surface area contributed by atoms with Gasteiger partial charge in [-0.3, -0.25) is 9.69 Å². The molecule has 5 nitrogen and oxygen atoms in total. The third kappa shape index (κ3) is 4.55. The Morgan fingerprint density at radius 3 is 2.72 bits per heavy atom. The third-order valence-corrected chi connectivity index (χ3v) is 3.78. The molecular formula is C13H28N4O. The lowest BCUT2D eigenvalue weighted by Gasteiger charge is -2.28. The van der Waals surface area contributed by atoms with E-state index in [4.69, 9.17) is 11.5 Å². The van der Waals surface area contributed by atoms with Gasteiger partial charge in [-0.05, 0) is 59.8 Å². The molecule has 1 amide bonds. The van der Waals surface area contributed by atoms with Crippen LogP contribution in [0.4, 0.5) is 0 Å². The predicted molar refractivity (Wildman–Crippen MR) is 74.2 cm³/mol. The van der Waals surface area contributed by atoms with Crippen LogP contribution >= 0.6 is 0 Å². The zero-order valence-electron chi connectivity index (χ0n) is 12.0. The maximum Gasteiger partial charge on any atom is 0.237 e. The first-order chi connectivity index (χ1) is 8.33. The van der Waals surface area contributed by atoms with Gasteiger partial charge in [-0.25, -0.2) is 0 Å². The number of likely N-dealkylation sites (N-methyl/N-ethyl adjacent to an activating group) is 1. The molecule has 1 heterocycles. The van der Waals surface area contributed by atoms with Gasteiger partial charge in [0.05, 0.1) is 5.54 Å². The summed E-state index contributed by atoms with van der Waals surface area (Å²) in [6.07, 6.45) is 4.13. The van der Waals surface area contributed by atoms with Crippen LogP contribution in [0.2, 0.25) is 0 Å². The molecule has 1 fully saturated rings. The fourth-order valence-electron chi connectivity index (χ4n) is 2.59. The molecular weight excluding hydrogens is 228 g/mol. The van der Waals surface area contributed by atoms with Gasteiger partial charge in [0.15, 0.2) is 0 Å². The summed E-state index contributed by atoms with van der Waals surface area (Å²) in [7, 11) is 4.22. The molecule has 0 aromatic heterocycles. The maximum absolute atomic E-state index is 11.1. The summed E-state index contributed by atoms with van der Waals surface area (Å²) < 4.78 is 0. The van der Waals surface area contributed by atoms with Crippen LogP contribution in [0.1, 0.15) is 32.6 Å². The zero-order valence-corrected chi connectivity index (χ0v) is 12.0. The Hall–Kier alpha value is -0.650. The normalized spacial score (nSPS) is 24.4. The first-order valence-corrected chi connectivity index (χ1v) is 6.80. The summed E-state index contributed by atoms with van der Waals surface area (Å²) in [5, 5.41) is 0. The number of hydrogen-bond donors (Lipinski definition) is 2. The second-order valence-corrected chi connectivity index (χ2v) is 5.98. The minimum atomic E-state index is -0.864. The Kier molecular flexibility index (Phi) is 5.56. The van der Waals surface area contributed by atoms with Crippen molar-refractivity contribution in [3.8, 4) is 0 Å². The van der Waals surface area contributed by atoms with Crippen molar-refractivity contribution >= 4 is 5.91 Å². The van der Waals surface area contributed by atoms with E-state index >= 15 is 0 Å². The molecule has 0 spiro atoms. The summed E-state index contributed by atoms with van der Waals surface area (Å²) in [5.41, 5.74) is 10.3. The Morgan fingerprint density at radius 1 is 1.50 bits per heavy atom. The number of primary amides is 1. The average molecular weight is 256 g/mol. The average Bonchev–Trinajstić information content (AvgIpc) is 2.64. The van der Waals surface area contributed by atoms with Gasteiger partial charge in [0, 0.05) is 12.6 Å². The van der Waals surface area contributed by atoms with Gasteiger partial charge < -0.3 is 16.4 Å². The lowest BCUT2D eigenvalue weighted by atomic mass is 9.96. The second kappa shape index (κ2) is 6.50. The molecule has 0 radical (unpaired) electrons. The van der Waals surface area contributed by atoms with E-state index in [1.165, 1.54) is 12.8 Å². The number of nitrogens with zero attached hydrogens (tertiary/aromatic N) is 2. The molecule has 2 atom stereocenters. The van der Waals surface area contributed by atoms with E-state index in [9.17, 15) is 4.79 Å². The van der Waals surface area contributed by atoms with Crippen molar-refractivity contribution in [1.29, 1.82) is 0 Å². The molecule has 1 saturated heterocycles. The molecule has 0 aromatic carbocycles. The summed E-state index contributed by atoms with van der Waals surface area (Å²) in [6, 6.07) is 0.651. The molecule has 0 bridgehead atoms. The maximum atomic E-state index is 11.1. The van der Waals surface area contributed by atoms with Crippen LogP contribution in [0, 0.1) is 0 Å². The Bertz CT molecular complexity index is 278. The molecule has 1 rings (SSSR count). The summed E-state index contributed by atoms with van der Waals surface area (Å²) in [5.74, 6) is -0.409. The second-order valence-electron chi connectivity index (χ2n) is 5.98. The zero-order chi connectivity index (χ0) is 13.8. The molecule has 1 aliphatic rings. The van der Waals surface area contributed by atoms with Crippen molar-refractivity contribution in [2.45, 2.75) is 44.2 Å². The Balaban J connectivity index is 2.32. The number of carbonyl (C=O) groups is 1. The molecule has 5 heteroatoms. The van der Waals surface area contributed by atoms with E-state index in [0.717, 1.165) is 26.1 Å². The van der Waals surface area contributed by atoms with Gasteiger partial charge in [0.25, 0.3) is 0 Å². The number of amides is 1. The highest BCUT2D eigenvalue weighted by Gasteiger charge is 2.28. The van der Waals surface area contributed by atoms with Crippen LogP contribution in [0.3, 0.4) is 0 Å². The van der Waals surface area contributed by atoms with Crippen LogP contribution in [0.5, 0.6) is 0 Å². The third-order valence-electron chi connectivity index (χ3n) is 3.78. The first kappa shape index (κ1) is 15.4. The quantitative estimate of drug-likeness (QED) is 0.672. The molecule has 106 valence electrons. The predicted octanol–water partition coefficient (Wildman–Crippen LogP) is -0.00470. The smallest absolute Gasteiger partial charge is 0.237 e. The molecule has 2 unspecified atom stereocenters. The lowest BCUT2D eigenvalue weighted by molar-refractivity contribution is -0.122. The van der Waals surface area contributed by atoms with Crippen LogP contribution in [-0.4, -0.2) is 61.0 Å². The highest BCUT2D eigenvalue weighted by Crippen LogP contribution is 2.19. The number of rotatable bonds is 7. The Labute approximate surface area is 110 Å². The van der Waals surface area contributed by atoms with Crippen molar-refractivity contribution in [2.75, 3.05) is 33.7 Å². The van der Waals surface area contributed by atoms with Crippen LogP contribution in [0.15, 0.2) is 0 Å². The monoisotopic (exact) mass is 256 g/mol.